The molecule has 3 nitrogen and oxygen atoms in total. The number of alkyl halides is 3. The topological polar surface area (TPSA) is 51.8 Å². The van der Waals surface area contributed by atoms with Gasteiger partial charge in [-0.1, -0.05) is 6.07 Å². The maximum Gasteiger partial charge on any atom is 0.416 e. The summed E-state index contributed by atoms with van der Waals surface area (Å²) in [5, 5.41) is 0. The molecule has 0 spiro atoms. The van der Waals surface area contributed by atoms with E-state index in [1.807, 2.05) is 0 Å². The fraction of sp³-hybridized carbons (Fsp3) is 0.231. The minimum Gasteiger partial charge on any atom is -0.320 e. The molecule has 0 saturated carbocycles. The van der Waals surface area contributed by atoms with Crippen LogP contribution in [0.25, 0.3) is 0 Å². The van der Waals surface area contributed by atoms with Crippen LogP contribution in [-0.2, 0) is 6.18 Å². The number of rotatable bonds is 2. The molecular weight excluding hydrogens is 255 g/mol. The van der Waals surface area contributed by atoms with Gasteiger partial charge in [-0.25, -0.2) is 0 Å². The fourth-order valence-corrected chi connectivity index (χ4v) is 1.76. The molecule has 0 aliphatic heterocycles. The van der Waals surface area contributed by atoms with E-state index in [0.29, 0.717) is 5.56 Å². The molecule has 0 fully saturated rings. The van der Waals surface area contributed by atoms with Crippen molar-refractivity contribution < 1.29 is 13.2 Å². The van der Waals surface area contributed by atoms with Gasteiger partial charge >= 0.3 is 6.18 Å². The van der Waals surface area contributed by atoms with Crippen LogP contribution in [0.3, 0.4) is 0 Å². The van der Waals surface area contributed by atoms with Gasteiger partial charge in [-0.3, -0.25) is 9.97 Å². The van der Waals surface area contributed by atoms with Gasteiger partial charge in [0.25, 0.3) is 0 Å². The lowest BCUT2D eigenvalue weighted by Crippen LogP contribution is -2.19. The van der Waals surface area contributed by atoms with Gasteiger partial charge in [0.15, 0.2) is 0 Å². The minimum absolute atomic E-state index is 0.0550. The van der Waals surface area contributed by atoms with Gasteiger partial charge in [-0.2, -0.15) is 13.2 Å². The second kappa shape index (κ2) is 4.97. The van der Waals surface area contributed by atoms with Crippen molar-refractivity contribution in [2.75, 3.05) is 0 Å². The third kappa shape index (κ3) is 2.90. The molecule has 2 aromatic heterocycles. The molecule has 2 N–H and O–H groups in total. The molecule has 1 atom stereocenters. The number of nitrogens with two attached hydrogens (primary N) is 1. The fourth-order valence-electron chi connectivity index (χ4n) is 1.76. The number of nitrogens with zero attached hydrogens (tertiary/aromatic N) is 2. The third-order valence-corrected chi connectivity index (χ3v) is 2.79. The quantitative estimate of drug-likeness (QED) is 0.910. The maximum atomic E-state index is 12.9. The van der Waals surface area contributed by atoms with Crippen LogP contribution in [0.5, 0.6) is 0 Å². The van der Waals surface area contributed by atoms with E-state index in [1.54, 1.807) is 19.1 Å². The summed E-state index contributed by atoms with van der Waals surface area (Å²) < 4.78 is 38.7. The number of aryl methyl sites for hydroxylation is 1. The molecule has 19 heavy (non-hydrogen) atoms. The number of aromatic nitrogens is 2. The van der Waals surface area contributed by atoms with Gasteiger partial charge < -0.3 is 5.73 Å². The smallest absolute Gasteiger partial charge is 0.320 e. The maximum absolute atomic E-state index is 12.9. The van der Waals surface area contributed by atoms with E-state index in [2.05, 4.69) is 9.97 Å². The molecule has 0 aromatic carbocycles. The molecule has 1 unspecified atom stereocenters. The highest BCUT2D eigenvalue weighted by Gasteiger charge is 2.34. The first-order chi connectivity index (χ1) is 8.89. The van der Waals surface area contributed by atoms with E-state index in [4.69, 9.17) is 5.73 Å². The Bertz CT molecular complexity index is 564. The summed E-state index contributed by atoms with van der Waals surface area (Å²) >= 11 is 0. The van der Waals surface area contributed by atoms with Crippen LogP contribution in [0.1, 0.15) is 28.4 Å². The van der Waals surface area contributed by atoms with Crippen molar-refractivity contribution >= 4 is 0 Å². The van der Waals surface area contributed by atoms with Gasteiger partial charge in [0.1, 0.15) is 0 Å². The molecule has 2 rings (SSSR count). The molecular formula is C13H12F3N3. The number of hydrogen-bond donors (Lipinski definition) is 1. The molecule has 100 valence electrons. The van der Waals surface area contributed by atoms with Crippen LogP contribution in [0.15, 0.2) is 36.8 Å². The monoisotopic (exact) mass is 267 g/mol. The zero-order chi connectivity index (χ0) is 14.0. The molecule has 2 heterocycles. The Balaban J connectivity index is 2.44. The van der Waals surface area contributed by atoms with Crippen molar-refractivity contribution in [2.45, 2.75) is 19.1 Å². The first kappa shape index (κ1) is 13.5. The van der Waals surface area contributed by atoms with Crippen LogP contribution in [-0.4, -0.2) is 9.97 Å². The van der Waals surface area contributed by atoms with E-state index in [9.17, 15) is 13.2 Å². The summed E-state index contributed by atoms with van der Waals surface area (Å²) in [6, 6.07) is 3.40. The summed E-state index contributed by atoms with van der Waals surface area (Å²) in [6.45, 7) is 1.79. The van der Waals surface area contributed by atoms with Gasteiger partial charge in [0.2, 0.25) is 0 Å². The Morgan fingerprint density at radius 3 is 2.47 bits per heavy atom. The van der Waals surface area contributed by atoms with Gasteiger partial charge in [0.05, 0.1) is 11.6 Å². The zero-order valence-electron chi connectivity index (χ0n) is 10.1. The largest absolute Gasteiger partial charge is 0.416 e. The van der Waals surface area contributed by atoms with Gasteiger partial charge in [-0.05, 0) is 24.6 Å². The third-order valence-electron chi connectivity index (χ3n) is 2.79. The molecule has 6 heteroatoms. The molecule has 0 aliphatic rings. The second-order valence-corrected chi connectivity index (χ2v) is 4.17. The van der Waals surface area contributed by atoms with Gasteiger partial charge in [0, 0.05) is 29.8 Å². The molecule has 0 saturated heterocycles. The Labute approximate surface area is 108 Å². The first-order valence-corrected chi connectivity index (χ1v) is 5.59. The van der Waals surface area contributed by atoms with E-state index in [-0.39, 0.29) is 5.56 Å². The van der Waals surface area contributed by atoms with Crippen molar-refractivity contribution in [1.82, 2.24) is 9.97 Å². The number of hydrogen-bond acceptors (Lipinski definition) is 3. The molecule has 0 radical (unpaired) electrons. The standard InChI is InChI=1S/C13H12F3N3/c1-8-2-3-9(6-19-8)12(17)10-7-18-5-4-11(10)13(14,15)16/h2-7,12H,17H2,1H3. The molecule has 0 bridgehead atoms. The zero-order valence-corrected chi connectivity index (χ0v) is 10.1. The van der Waals surface area contributed by atoms with Crippen LogP contribution in [0, 0.1) is 6.92 Å². The molecule has 0 aliphatic carbocycles. The number of halogens is 3. The Morgan fingerprint density at radius 1 is 1.16 bits per heavy atom. The predicted octanol–water partition coefficient (Wildman–Crippen LogP) is 2.85. The lowest BCUT2D eigenvalue weighted by atomic mass is 9.98. The van der Waals surface area contributed by atoms with Crippen molar-refractivity contribution in [2.24, 2.45) is 5.73 Å². The van der Waals surface area contributed by atoms with E-state index >= 15 is 0 Å². The highest BCUT2D eigenvalue weighted by Crippen LogP contribution is 2.34. The summed E-state index contributed by atoms with van der Waals surface area (Å²) in [5.74, 6) is 0. The lowest BCUT2D eigenvalue weighted by Gasteiger charge is -2.17. The summed E-state index contributed by atoms with van der Waals surface area (Å²) in [4.78, 5) is 7.76. The predicted molar refractivity (Wildman–Crippen MR) is 64.2 cm³/mol. The van der Waals surface area contributed by atoms with Crippen LogP contribution < -0.4 is 5.73 Å². The first-order valence-electron chi connectivity index (χ1n) is 5.59. The van der Waals surface area contributed by atoms with E-state index < -0.39 is 17.8 Å². The van der Waals surface area contributed by atoms with Crippen LogP contribution in [0.2, 0.25) is 0 Å². The SMILES string of the molecule is Cc1ccc(C(N)c2cnccc2C(F)(F)F)cn1. The van der Waals surface area contributed by atoms with Crippen molar-refractivity contribution in [3.05, 3.63) is 59.2 Å². The second-order valence-electron chi connectivity index (χ2n) is 4.17. The van der Waals surface area contributed by atoms with Crippen molar-refractivity contribution in [3.8, 4) is 0 Å². The normalized spacial score (nSPS) is 13.3. The molecule has 0 amide bonds. The Morgan fingerprint density at radius 2 is 1.89 bits per heavy atom. The summed E-state index contributed by atoms with van der Waals surface area (Å²) in [5.41, 5.74) is 6.35. The van der Waals surface area contributed by atoms with Gasteiger partial charge in [-0.15, -0.1) is 0 Å². The Hall–Kier alpha value is -1.95. The number of pyridine rings is 2. The van der Waals surface area contributed by atoms with E-state index in [0.717, 1.165) is 24.2 Å². The molecule has 2 aromatic rings. The van der Waals surface area contributed by atoms with Crippen molar-refractivity contribution in [3.63, 3.8) is 0 Å². The summed E-state index contributed by atoms with van der Waals surface area (Å²) in [7, 11) is 0. The lowest BCUT2D eigenvalue weighted by molar-refractivity contribution is -0.138. The highest BCUT2D eigenvalue weighted by atomic mass is 19.4. The van der Waals surface area contributed by atoms with Crippen LogP contribution >= 0.6 is 0 Å². The van der Waals surface area contributed by atoms with Crippen LogP contribution in [0.4, 0.5) is 13.2 Å². The van der Waals surface area contributed by atoms with E-state index in [1.165, 1.54) is 6.20 Å². The highest BCUT2D eigenvalue weighted by molar-refractivity contribution is 5.35. The summed E-state index contributed by atoms with van der Waals surface area (Å²) in [6.07, 6.45) is -0.721. The van der Waals surface area contributed by atoms with Crippen molar-refractivity contribution in [1.29, 1.82) is 0 Å². The Kier molecular flexibility index (Phi) is 3.53. The average molecular weight is 267 g/mol. The minimum atomic E-state index is -4.45. The average Bonchev–Trinajstić information content (AvgIpc) is 2.38.